The fourth-order valence-corrected chi connectivity index (χ4v) is 2.99. The van der Waals surface area contributed by atoms with E-state index < -0.39 is 0 Å². The van der Waals surface area contributed by atoms with E-state index >= 15 is 0 Å². The van der Waals surface area contributed by atoms with Crippen LogP contribution in [-0.2, 0) is 12.2 Å². The van der Waals surface area contributed by atoms with Gasteiger partial charge in [0.25, 0.3) is 5.56 Å². The standard InChI is InChI=1S/C15H18N8OS/c1-10-13(20-9-19-10)7-25-3-2-18-15-21-14(24)12(22-23-15)4-11-5-16-8-17-6-11/h5-6,8-9H,2-4,7H2,1H3,(H,19,20)(H2,18,21,23,24). The van der Waals surface area contributed by atoms with Crippen molar-refractivity contribution in [2.45, 2.75) is 19.1 Å². The molecular formula is C15H18N8OS. The number of hydrogen-bond donors (Lipinski definition) is 3. The molecule has 0 radical (unpaired) electrons. The molecule has 3 heterocycles. The Morgan fingerprint density at radius 3 is 2.76 bits per heavy atom. The van der Waals surface area contributed by atoms with Gasteiger partial charge in [0.1, 0.15) is 12.0 Å². The number of aromatic amines is 2. The summed E-state index contributed by atoms with van der Waals surface area (Å²) in [6.45, 7) is 2.68. The van der Waals surface area contributed by atoms with Crippen molar-refractivity contribution >= 4 is 17.7 Å². The Balaban J connectivity index is 1.46. The van der Waals surface area contributed by atoms with E-state index in [9.17, 15) is 4.79 Å². The molecule has 0 saturated heterocycles. The molecule has 0 bridgehead atoms. The van der Waals surface area contributed by atoms with Crippen LogP contribution < -0.4 is 10.9 Å². The van der Waals surface area contributed by atoms with Crippen molar-refractivity contribution in [2.75, 3.05) is 17.6 Å². The highest BCUT2D eigenvalue weighted by molar-refractivity contribution is 7.98. The molecule has 0 unspecified atom stereocenters. The summed E-state index contributed by atoms with van der Waals surface area (Å²) in [5, 5.41) is 11.1. The predicted molar refractivity (Wildman–Crippen MR) is 95.5 cm³/mol. The van der Waals surface area contributed by atoms with Gasteiger partial charge in [0, 0.05) is 42.6 Å². The highest BCUT2D eigenvalue weighted by Gasteiger charge is 2.06. The normalized spacial score (nSPS) is 10.8. The zero-order valence-corrected chi connectivity index (χ0v) is 14.5. The van der Waals surface area contributed by atoms with Gasteiger partial charge >= 0.3 is 0 Å². The molecule has 3 aromatic rings. The van der Waals surface area contributed by atoms with Crippen LogP contribution >= 0.6 is 11.8 Å². The van der Waals surface area contributed by atoms with Gasteiger partial charge in [-0.1, -0.05) is 0 Å². The number of imidazole rings is 1. The van der Waals surface area contributed by atoms with Crippen molar-refractivity contribution in [3.8, 4) is 0 Å². The van der Waals surface area contributed by atoms with E-state index in [2.05, 4.69) is 40.4 Å². The topological polar surface area (TPSA) is 125 Å². The molecule has 0 aromatic carbocycles. The number of hydrogen-bond acceptors (Lipinski definition) is 8. The van der Waals surface area contributed by atoms with Crippen LogP contribution in [0.5, 0.6) is 0 Å². The maximum atomic E-state index is 12.1. The largest absolute Gasteiger partial charge is 0.354 e. The van der Waals surface area contributed by atoms with Gasteiger partial charge in [-0.05, 0) is 12.5 Å². The highest BCUT2D eigenvalue weighted by atomic mass is 32.2. The molecule has 0 atom stereocenters. The van der Waals surface area contributed by atoms with E-state index in [0.29, 0.717) is 24.6 Å². The van der Waals surface area contributed by atoms with Crippen LogP contribution in [0.4, 0.5) is 5.95 Å². The summed E-state index contributed by atoms with van der Waals surface area (Å²) in [5.74, 6) is 2.07. The Morgan fingerprint density at radius 2 is 2.04 bits per heavy atom. The van der Waals surface area contributed by atoms with Gasteiger partial charge in [0.05, 0.1) is 12.0 Å². The first-order chi connectivity index (χ1) is 12.2. The lowest BCUT2D eigenvalue weighted by atomic mass is 10.2. The molecule has 10 heteroatoms. The molecule has 0 aliphatic heterocycles. The third-order valence-electron chi connectivity index (χ3n) is 3.46. The van der Waals surface area contributed by atoms with E-state index in [4.69, 9.17) is 0 Å². The first-order valence-corrected chi connectivity index (χ1v) is 8.88. The van der Waals surface area contributed by atoms with Gasteiger partial charge in [-0.2, -0.15) is 11.8 Å². The van der Waals surface area contributed by atoms with Crippen molar-refractivity contribution < 1.29 is 0 Å². The van der Waals surface area contributed by atoms with Crippen molar-refractivity contribution in [1.29, 1.82) is 0 Å². The van der Waals surface area contributed by atoms with E-state index in [0.717, 1.165) is 28.5 Å². The fourth-order valence-electron chi connectivity index (χ4n) is 2.11. The summed E-state index contributed by atoms with van der Waals surface area (Å²) in [5.41, 5.74) is 3.04. The van der Waals surface area contributed by atoms with Crippen LogP contribution in [0, 0.1) is 6.92 Å². The Bertz CT molecular complexity index is 863. The van der Waals surface area contributed by atoms with Crippen LogP contribution in [-0.4, -0.2) is 47.4 Å². The van der Waals surface area contributed by atoms with Crippen LogP contribution in [0.1, 0.15) is 22.6 Å². The minimum absolute atomic E-state index is 0.263. The summed E-state index contributed by atoms with van der Waals surface area (Å²) < 4.78 is 0. The first-order valence-electron chi connectivity index (χ1n) is 7.72. The van der Waals surface area contributed by atoms with E-state index in [1.54, 1.807) is 30.5 Å². The van der Waals surface area contributed by atoms with E-state index in [1.165, 1.54) is 6.33 Å². The van der Waals surface area contributed by atoms with Crippen molar-refractivity contribution in [3.05, 3.63) is 58.0 Å². The predicted octanol–water partition coefficient (Wildman–Crippen LogP) is 0.923. The monoisotopic (exact) mass is 358 g/mol. The molecule has 25 heavy (non-hydrogen) atoms. The molecule has 0 aliphatic rings. The number of anilines is 1. The van der Waals surface area contributed by atoms with Crippen LogP contribution in [0.3, 0.4) is 0 Å². The van der Waals surface area contributed by atoms with E-state index in [1.807, 2.05) is 6.92 Å². The number of H-pyrrole nitrogens is 2. The quantitative estimate of drug-likeness (QED) is 0.508. The Labute approximate surface area is 148 Å². The van der Waals surface area contributed by atoms with Crippen molar-refractivity contribution in [2.24, 2.45) is 0 Å². The molecule has 3 aromatic heterocycles. The SMILES string of the molecule is Cc1[nH]cnc1CSCCNc1nnc(Cc2cncnc2)c(=O)[nH]1. The summed E-state index contributed by atoms with van der Waals surface area (Å²) >= 11 is 1.75. The highest BCUT2D eigenvalue weighted by Crippen LogP contribution is 2.12. The summed E-state index contributed by atoms with van der Waals surface area (Å²) in [6, 6.07) is 0. The average molecular weight is 358 g/mol. The molecular weight excluding hydrogens is 340 g/mol. The maximum Gasteiger partial charge on any atom is 0.274 e. The zero-order chi connectivity index (χ0) is 17.5. The molecule has 3 rings (SSSR count). The second-order valence-corrected chi connectivity index (χ2v) is 6.43. The number of nitrogens with one attached hydrogen (secondary N) is 3. The number of aryl methyl sites for hydroxylation is 1. The molecule has 3 N–H and O–H groups in total. The maximum absolute atomic E-state index is 12.1. The van der Waals surface area contributed by atoms with Crippen LogP contribution in [0.2, 0.25) is 0 Å². The second kappa shape index (κ2) is 8.38. The van der Waals surface area contributed by atoms with E-state index in [-0.39, 0.29) is 5.56 Å². The lowest BCUT2D eigenvalue weighted by molar-refractivity contribution is 0.859. The number of thioether (sulfide) groups is 1. The molecule has 0 fully saturated rings. The van der Waals surface area contributed by atoms with Crippen molar-refractivity contribution in [1.82, 2.24) is 35.1 Å². The molecule has 9 nitrogen and oxygen atoms in total. The van der Waals surface area contributed by atoms with Gasteiger partial charge in [0.15, 0.2) is 0 Å². The Morgan fingerprint density at radius 1 is 1.20 bits per heavy atom. The minimum atomic E-state index is -0.263. The molecule has 0 saturated carbocycles. The molecule has 0 aliphatic carbocycles. The first kappa shape index (κ1) is 17.1. The summed E-state index contributed by atoms with van der Waals surface area (Å²) in [7, 11) is 0. The third-order valence-corrected chi connectivity index (χ3v) is 4.43. The molecule has 0 amide bonds. The van der Waals surface area contributed by atoms with Gasteiger partial charge in [-0.15, -0.1) is 10.2 Å². The lowest BCUT2D eigenvalue weighted by Crippen LogP contribution is -2.20. The summed E-state index contributed by atoms with van der Waals surface area (Å²) in [4.78, 5) is 29.9. The number of aromatic nitrogens is 7. The van der Waals surface area contributed by atoms with Crippen LogP contribution in [0.15, 0.2) is 29.8 Å². The minimum Gasteiger partial charge on any atom is -0.354 e. The third kappa shape index (κ3) is 4.86. The van der Waals surface area contributed by atoms with Gasteiger partial charge in [-0.25, -0.2) is 15.0 Å². The smallest absolute Gasteiger partial charge is 0.274 e. The lowest BCUT2D eigenvalue weighted by Gasteiger charge is -2.05. The number of rotatable bonds is 8. The van der Waals surface area contributed by atoms with Gasteiger partial charge in [0.2, 0.25) is 5.95 Å². The second-order valence-electron chi connectivity index (χ2n) is 5.33. The fraction of sp³-hybridized carbons (Fsp3) is 0.333. The summed E-state index contributed by atoms with van der Waals surface area (Å²) in [6.07, 6.45) is 6.80. The van der Waals surface area contributed by atoms with Crippen molar-refractivity contribution in [3.63, 3.8) is 0 Å². The number of nitrogens with zero attached hydrogens (tertiary/aromatic N) is 5. The molecule has 130 valence electrons. The molecule has 0 spiro atoms. The Kier molecular flexibility index (Phi) is 5.73. The Hall–Kier alpha value is -2.75. The van der Waals surface area contributed by atoms with Gasteiger partial charge in [-0.3, -0.25) is 9.78 Å². The van der Waals surface area contributed by atoms with Crippen LogP contribution in [0.25, 0.3) is 0 Å². The zero-order valence-electron chi connectivity index (χ0n) is 13.7. The average Bonchev–Trinajstić information content (AvgIpc) is 3.03. The van der Waals surface area contributed by atoms with Gasteiger partial charge < -0.3 is 10.3 Å².